The molecule has 0 aliphatic carbocycles. The molecule has 1 saturated heterocycles. The van der Waals surface area contributed by atoms with E-state index in [1.807, 2.05) is 18.2 Å². The largest absolute Gasteiger partial charge is 0.465 e. The standard InChI is InChI=1S/C20H28N4O6/c1-24(19(26)27)8-10-29-12-11-28-9-2-3-15-13-16-17(22-14-15)23-18(25)30-20(16)4-6-21-7-5-20/h2-3,13-14,21H,4-12H2,1H3,(H,26,27)(H,22,23,25)/b3-2+. The van der Waals surface area contributed by atoms with E-state index < -0.39 is 17.8 Å². The van der Waals surface area contributed by atoms with Crippen LogP contribution in [0, 0.1) is 0 Å². The molecule has 0 saturated carbocycles. The van der Waals surface area contributed by atoms with E-state index >= 15 is 0 Å². The van der Waals surface area contributed by atoms with Crippen molar-refractivity contribution in [2.45, 2.75) is 18.4 Å². The Labute approximate surface area is 175 Å². The summed E-state index contributed by atoms with van der Waals surface area (Å²) in [7, 11) is 1.50. The van der Waals surface area contributed by atoms with Gasteiger partial charge in [0, 0.05) is 38.2 Å². The van der Waals surface area contributed by atoms with Gasteiger partial charge in [-0.05, 0) is 24.7 Å². The number of rotatable bonds is 9. The molecule has 2 amide bonds. The highest BCUT2D eigenvalue weighted by atomic mass is 16.6. The van der Waals surface area contributed by atoms with Crippen LogP contribution in [0.15, 0.2) is 18.3 Å². The highest BCUT2D eigenvalue weighted by Crippen LogP contribution is 2.41. The minimum atomic E-state index is -0.975. The Balaban J connectivity index is 1.45. The van der Waals surface area contributed by atoms with Crippen molar-refractivity contribution in [3.63, 3.8) is 0 Å². The first-order valence-electron chi connectivity index (χ1n) is 9.97. The van der Waals surface area contributed by atoms with E-state index in [-0.39, 0.29) is 0 Å². The van der Waals surface area contributed by atoms with Crippen LogP contribution in [0.1, 0.15) is 24.0 Å². The first-order valence-corrected chi connectivity index (χ1v) is 9.97. The molecule has 3 N–H and O–H groups in total. The topological polar surface area (TPSA) is 122 Å². The van der Waals surface area contributed by atoms with Crippen LogP contribution in [0.4, 0.5) is 15.4 Å². The molecule has 10 heteroatoms. The second-order valence-electron chi connectivity index (χ2n) is 7.22. The number of carboxylic acid groups (broad SMARTS) is 1. The van der Waals surface area contributed by atoms with Crippen molar-refractivity contribution < 1.29 is 28.9 Å². The number of likely N-dealkylation sites (N-methyl/N-ethyl adjacent to an activating group) is 1. The number of amides is 2. The fourth-order valence-electron chi connectivity index (χ4n) is 3.43. The van der Waals surface area contributed by atoms with Crippen molar-refractivity contribution in [2.24, 2.45) is 0 Å². The summed E-state index contributed by atoms with van der Waals surface area (Å²) in [5.41, 5.74) is 1.19. The number of carbonyl (C=O) groups excluding carboxylic acids is 1. The first-order chi connectivity index (χ1) is 14.5. The quantitative estimate of drug-likeness (QED) is 0.518. The molecule has 0 radical (unpaired) electrons. The Kier molecular flexibility index (Phi) is 7.61. The van der Waals surface area contributed by atoms with Crippen LogP contribution in [-0.4, -0.2) is 80.3 Å². The normalized spacial score (nSPS) is 17.4. The lowest BCUT2D eigenvalue weighted by Crippen LogP contribution is -2.47. The fourth-order valence-corrected chi connectivity index (χ4v) is 3.43. The molecule has 1 spiro atoms. The number of piperidine rings is 1. The SMILES string of the molecule is CN(CCOCCOC/C=C/c1cnc2c(c1)C1(CCNCC1)OC(=O)N2)C(=O)O. The van der Waals surface area contributed by atoms with Gasteiger partial charge in [-0.1, -0.05) is 12.2 Å². The predicted molar refractivity (Wildman–Crippen MR) is 109 cm³/mol. The molecule has 0 aromatic carbocycles. The van der Waals surface area contributed by atoms with Crippen molar-refractivity contribution in [2.75, 3.05) is 58.4 Å². The average molecular weight is 420 g/mol. The molecule has 0 unspecified atom stereocenters. The number of nitrogens with one attached hydrogen (secondary N) is 2. The van der Waals surface area contributed by atoms with Gasteiger partial charge >= 0.3 is 12.2 Å². The number of hydrogen-bond donors (Lipinski definition) is 3. The molecule has 30 heavy (non-hydrogen) atoms. The lowest BCUT2D eigenvalue weighted by Gasteiger charge is -2.40. The average Bonchev–Trinajstić information content (AvgIpc) is 2.73. The summed E-state index contributed by atoms with van der Waals surface area (Å²) in [5, 5.41) is 14.7. The fraction of sp³-hybridized carbons (Fsp3) is 0.550. The number of anilines is 1. The van der Waals surface area contributed by atoms with Crippen LogP contribution >= 0.6 is 0 Å². The second-order valence-corrected chi connectivity index (χ2v) is 7.22. The zero-order valence-corrected chi connectivity index (χ0v) is 17.1. The maximum absolute atomic E-state index is 11.9. The van der Waals surface area contributed by atoms with Gasteiger partial charge in [0.2, 0.25) is 0 Å². The summed E-state index contributed by atoms with van der Waals surface area (Å²) < 4.78 is 16.5. The third-order valence-electron chi connectivity index (χ3n) is 5.11. The molecule has 0 bridgehead atoms. The maximum Gasteiger partial charge on any atom is 0.413 e. The zero-order chi connectivity index (χ0) is 21.4. The molecule has 1 aromatic heterocycles. The molecule has 2 aliphatic rings. The van der Waals surface area contributed by atoms with E-state index in [2.05, 4.69) is 15.6 Å². The summed E-state index contributed by atoms with van der Waals surface area (Å²) in [6, 6.07) is 2.01. The molecule has 1 aromatic rings. The van der Waals surface area contributed by atoms with Gasteiger partial charge in [0.25, 0.3) is 0 Å². The smallest absolute Gasteiger partial charge is 0.413 e. The summed E-state index contributed by atoms with van der Waals surface area (Å²) >= 11 is 0. The van der Waals surface area contributed by atoms with Crippen LogP contribution in [0.5, 0.6) is 0 Å². The molecule has 2 aliphatic heterocycles. The monoisotopic (exact) mass is 420 g/mol. The number of hydrogen-bond acceptors (Lipinski definition) is 7. The first kappa shape index (κ1) is 22.0. The van der Waals surface area contributed by atoms with Crippen LogP contribution in [0.25, 0.3) is 6.08 Å². The van der Waals surface area contributed by atoms with E-state index in [1.54, 1.807) is 6.20 Å². The van der Waals surface area contributed by atoms with E-state index in [1.165, 1.54) is 11.9 Å². The van der Waals surface area contributed by atoms with Crippen LogP contribution in [-0.2, 0) is 19.8 Å². The second kappa shape index (κ2) is 10.4. The Morgan fingerprint density at radius 2 is 2.10 bits per heavy atom. The molecule has 1 fully saturated rings. The van der Waals surface area contributed by atoms with Crippen molar-refractivity contribution in [3.05, 3.63) is 29.5 Å². The van der Waals surface area contributed by atoms with Crippen LogP contribution < -0.4 is 10.6 Å². The van der Waals surface area contributed by atoms with Crippen LogP contribution in [0.2, 0.25) is 0 Å². The van der Waals surface area contributed by atoms with Gasteiger partial charge in [-0.25, -0.2) is 14.6 Å². The van der Waals surface area contributed by atoms with Gasteiger partial charge in [0.15, 0.2) is 0 Å². The third kappa shape index (κ3) is 5.68. The molecular formula is C20H28N4O6. The van der Waals surface area contributed by atoms with Crippen molar-refractivity contribution in [3.8, 4) is 0 Å². The van der Waals surface area contributed by atoms with E-state index in [0.29, 0.717) is 51.6 Å². The van der Waals surface area contributed by atoms with Gasteiger partial charge in [-0.3, -0.25) is 5.32 Å². The van der Waals surface area contributed by atoms with E-state index in [0.717, 1.165) is 24.2 Å². The van der Waals surface area contributed by atoms with Gasteiger partial charge in [-0.15, -0.1) is 0 Å². The Morgan fingerprint density at radius 3 is 2.87 bits per heavy atom. The number of ether oxygens (including phenoxy) is 3. The highest BCUT2D eigenvalue weighted by Gasteiger charge is 2.43. The molecule has 10 nitrogen and oxygen atoms in total. The number of carbonyl (C=O) groups is 2. The van der Waals surface area contributed by atoms with Crippen molar-refractivity contribution >= 4 is 24.1 Å². The molecule has 3 rings (SSSR count). The summed E-state index contributed by atoms with van der Waals surface area (Å²) in [6.07, 6.45) is 5.52. The molecule has 0 atom stereocenters. The Hall–Kier alpha value is -2.69. The number of aromatic nitrogens is 1. The third-order valence-corrected chi connectivity index (χ3v) is 5.11. The highest BCUT2D eigenvalue weighted by molar-refractivity contribution is 5.87. The predicted octanol–water partition coefficient (Wildman–Crippen LogP) is 1.88. The van der Waals surface area contributed by atoms with E-state index in [4.69, 9.17) is 19.3 Å². The van der Waals surface area contributed by atoms with Gasteiger partial charge in [-0.2, -0.15) is 0 Å². The maximum atomic E-state index is 11.9. The number of nitrogens with zero attached hydrogens (tertiary/aromatic N) is 2. The minimum Gasteiger partial charge on any atom is -0.465 e. The zero-order valence-electron chi connectivity index (χ0n) is 17.1. The Bertz CT molecular complexity index is 779. The lowest BCUT2D eigenvalue weighted by atomic mass is 9.83. The minimum absolute atomic E-state index is 0.322. The van der Waals surface area contributed by atoms with E-state index in [9.17, 15) is 9.59 Å². The molecule has 3 heterocycles. The van der Waals surface area contributed by atoms with Gasteiger partial charge in [0.1, 0.15) is 11.4 Å². The van der Waals surface area contributed by atoms with Gasteiger partial charge in [0.05, 0.1) is 26.4 Å². The molecular weight excluding hydrogens is 392 g/mol. The van der Waals surface area contributed by atoms with Gasteiger partial charge < -0.3 is 29.5 Å². The van der Waals surface area contributed by atoms with Crippen molar-refractivity contribution in [1.82, 2.24) is 15.2 Å². The summed E-state index contributed by atoms with van der Waals surface area (Å²) in [6.45, 7) is 3.46. The number of fused-ring (bicyclic) bond motifs is 2. The number of pyridine rings is 1. The Morgan fingerprint density at radius 1 is 1.33 bits per heavy atom. The summed E-state index contributed by atoms with van der Waals surface area (Å²) in [5.74, 6) is 0.562. The van der Waals surface area contributed by atoms with Crippen molar-refractivity contribution in [1.29, 1.82) is 0 Å². The van der Waals surface area contributed by atoms with Crippen LogP contribution in [0.3, 0.4) is 0 Å². The lowest BCUT2D eigenvalue weighted by molar-refractivity contribution is -0.0130. The molecule has 164 valence electrons. The summed E-state index contributed by atoms with van der Waals surface area (Å²) in [4.78, 5) is 28.1.